The quantitative estimate of drug-likeness (QED) is 0.539. The summed E-state index contributed by atoms with van der Waals surface area (Å²) in [5.41, 5.74) is 1.91. The summed E-state index contributed by atoms with van der Waals surface area (Å²) in [6.45, 7) is 9.71. The molecule has 0 spiro atoms. The van der Waals surface area contributed by atoms with Crippen molar-refractivity contribution >= 4 is 17.6 Å². The first-order chi connectivity index (χ1) is 14.6. The number of carbonyl (C=O) groups excluding carboxylic acids is 1. The van der Waals surface area contributed by atoms with Crippen LogP contribution < -0.4 is 10.6 Å². The molecular weight excluding hydrogens is 376 g/mol. The molecule has 1 aliphatic rings. The topological polar surface area (TPSA) is 74.6 Å². The number of hydrogen-bond acceptors (Lipinski definition) is 3. The highest BCUT2D eigenvalue weighted by atomic mass is 16.1. The van der Waals surface area contributed by atoms with E-state index in [4.69, 9.17) is 4.99 Å². The highest BCUT2D eigenvalue weighted by Crippen LogP contribution is 2.27. The molecule has 1 amide bonds. The lowest BCUT2D eigenvalue weighted by Gasteiger charge is -2.39. The van der Waals surface area contributed by atoms with Gasteiger partial charge in [0.25, 0.3) is 0 Å². The van der Waals surface area contributed by atoms with Crippen LogP contribution >= 0.6 is 0 Å². The van der Waals surface area contributed by atoms with Gasteiger partial charge in [-0.2, -0.15) is 0 Å². The average molecular weight is 411 g/mol. The van der Waals surface area contributed by atoms with Gasteiger partial charge in [0.15, 0.2) is 5.96 Å². The van der Waals surface area contributed by atoms with E-state index in [0.29, 0.717) is 24.9 Å². The highest BCUT2D eigenvalue weighted by molar-refractivity contribution is 5.90. The second kappa shape index (κ2) is 10.8. The molecule has 1 fully saturated rings. The normalized spacial score (nSPS) is 19.6. The molecule has 2 atom stereocenters. The van der Waals surface area contributed by atoms with Crippen LogP contribution in [0.2, 0.25) is 0 Å². The molecule has 2 N–H and O–H groups in total. The Hall–Kier alpha value is -2.83. The number of nitrogens with zero attached hydrogens (tertiary/aromatic N) is 4. The van der Waals surface area contributed by atoms with E-state index in [1.165, 1.54) is 0 Å². The predicted molar refractivity (Wildman–Crippen MR) is 121 cm³/mol. The van der Waals surface area contributed by atoms with Crippen LogP contribution in [0.3, 0.4) is 0 Å². The first-order valence-corrected chi connectivity index (χ1v) is 11.0. The number of nitrogens with one attached hydrogen (secondary N) is 2. The summed E-state index contributed by atoms with van der Waals surface area (Å²) in [7, 11) is 0. The van der Waals surface area contributed by atoms with E-state index in [2.05, 4.69) is 45.0 Å². The molecule has 7 nitrogen and oxygen atoms in total. The maximum atomic E-state index is 11.9. The van der Waals surface area contributed by atoms with Crippen LogP contribution in [0, 0.1) is 5.92 Å². The monoisotopic (exact) mass is 410 g/mol. The molecule has 3 rings (SSSR count). The summed E-state index contributed by atoms with van der Waals surface area (Å²) >= 11 is 0. The third kappa shape index (κ3) is 5.84. The lowest BCUT2D eigenvalue weighted by Crippen LogP contribution is -2.49. The molecular formula is C23H34N6O. The standard InChI is InChI=1S/C23H34N6O/c1-4-7-22(30)27-20-9-6-8-19(14-20)15-26-23(25-5-2)28-12-10-18(3)21(16-28)29-13-11-24-17-29/h6,8-9,11,13-14,17-18,21H,4-5,7,10,12,15-16H2,1-3H3,(H,25,26)(H,27,30). The number of benzene rings is 1. The van der Waals surface area contributed by atoms with Gasteiger partial charge in [-0.15, -0.1) is 0 Å². The summed E-state index contributed by atoms with van der Waals surface area (Å²) in [6.07, 6.45) is 8.30. The fourth-order valence-corrected chi connectivity index (χ4v) is 3.88. The number of aliphatic imine (C=N–C) groups is 1. The predicted octanol–water partition coefficient (Wildman–Crippen LogP) is 3.67. The number of piperidine rings is 1. The number of hydrogen-bond donors (Lipinski definition) is 2. The van der Waals surface area contributed by atoms with Crippen molar-refractivity contribution in [3.63, 3.8) is 0 Å². The number of amides is 1. The van der Waals surface area contributed by atoms with Crippen LogP contribution in [0.5, 0.6) is 0 Å². The van der Waals surface area contributed by atoms with Crippen LogP contribution in [0.4, 0.5) is 5.69 Å². The minimum Gasteiger partial charge on any atom is -0.357 e. The van der Waals surface area contributed by atoms with E-state index in [1.54, 1.807) is 0 Å². The average Bonchev–Trinajstić information content (AvgIpc) is 3.27. The third-order valence-corrected chi connectivity index (χ3v) is 5.56. The van der Waals surface area contributed by atoms with Crippen molar-refractivity contribution in [2.45, 2.75) is 52.6 Å². The zero-order valence-electron chi connectivity index (χ0n) is 18.3. The Morgan fingerprint density at radius 1 is 1.33 bits per heavy atom. The Morgan fingerprint density at radius 2 is 2.20 bits per heavy atom. The maximum absolute atomic E-state index is 11.9. The first kappa shape index (κ1) is 21.9. The maximum Gasteiger partial charge on any atom is 0.224 e. The van der Waals surface area contributed by atoms with Gasteiger partial charge in [-0.05, 0) is 43.4 Å². The van der Waals surface area contributed by atoms with E-state index in [0.717, 1.165) is 49.7 Å². The molecule has 1 aliphatic heterocycles. The number of likely N-dealkylation sites (tertiary alicyclic amines) is 1. The number of guanidine groups is 1. The van der Waals surface area contributed by atoms with Gasteiger partial charge in [-0.25, -0.2) is 9.98 Å². The summed E-state index contributed by atoms with van der Waals surface area (Å²) in [5, 5.41) is 6.41. The molecule has 30 heavy (non-hydrogen) atoms. The Kier molecular flexibility index (Phi) is 7.88. The fourth-order valence-electron chi connectivity index (χ4n) is 3.88. The Morgan fingerprint density at radius 3 is 2.93 bits per heavy atom. The molecule has 1 aromatic carbocycles. The van der Waals surface area contributed by atoms with Gasteiger partial charge < -0.3 is 20.1 Å². The minimum atomic E-state index is 0.0551. The van der Waals surface area contributed by atoms with Crippen molar-refractivity contribution in [1.29, 1.82) is 0 Å². The number of imidazole rings is 1. The van der Waals surface area contributed by atoms with Crippen LogP contribution in [0.15, 0.2) is 48.0 Å². The summed E-state index contributed by atoms with van der Waals surface area (Å²) in [4.78, 5) is 23.3. The zero-order valence-corrected chi connectivity index (χ0v) is 18.3. The number of aromatic nitrogens is 2. The van der Waals surface area contributed by atoms with Crippen LogP contribution in [-0.2, 0) is 11.3 Å². The van der Waals surface area contributed by atoms with Crippen LogP contribution in [0.25, 0.3) is 0 Å². The Labute approximate surface area is 179 Å². The van der Waals surface area contributed by atoms with E-state index in [-0.39, 0.29) is 5.91 Å². The Balaban J connectivity index is 1.69. The molecule has 2 heterocycles. The second-order valence-electron chi connectivity index (χ2n) is 7.96. The zero-order chi connectivity index (χ0) is 21.3. The van der Waals surface area contributed by atoms with Crippen LogP contribution in [0.1, 0.15) is 51.6 Å². The fraction of sp³-hybridized carbons (Fsp3) is 0.522. The first-order valence-electron chi connectivity index (χ1n) is 11.0. The van der Waals surface area contributed by atoms with Gasteiger partial charge in [0.1, 0.15) is 0 Å². The second-order valence-corrected chi connectivity index (χ2v) is 7.96. The summed E-state index contributed by atoms with van der Waals surface area (Å²) in [6, 6.07) is 8.34. The van der Waals surface area contributed by atoms with Gasteiger partial charge in [0, 0.05) is 44.1 Å². The number of anilines is 1. The van der Waals surface area contributed by atoms with E-state index >= 15 is 0 Å². The molecule has 0 bridgehead atoms. The van der Waals surface area contributed by atoms with Gasteiger partial charge in [0.2, 0.25) is 5.91 Å². The van der Waals surface area contributed by atoms with Crippen molar-refractivity contribution in [3.05, 3.63) is 48.5 Å². The molecule has 1 aromatic heterocycles. The molecule has 7 heteroatoms. The van der Waals surface area contributed by atoms with Gasteiger partial charge in [0.05, 0.1) is 18.9 Å². The van der Waals surface area contributed by atoms with Gasteiger partial charge in [-0.3, -0.25) is 4.79 Å². The molecule has 162 valence electrons. The summed E-state index contributed by atoms with van der Waals surface area (Å²) in [5.74, 6) is 1.59. The largest absolute Gasteiger partial charge is 0.357 e. The van der Waals surface area contributed by atoms with Crippen molar-refractivity contribution in [2.24, 2.45) is 10.9 Å². The minimum absolute atomic E-state index is 0.0551. The molecule has 0 aliphatic carbocycles. The van der Waals surface area contributed by atoms with E-state index < -0.39 is 0 Å². The third-order valence-electron chi connectivity index (χ3n) is 5.56. The van der Waals surface area contributed by atoms with Crippen molar-refractivity contribution < 1.29 is 4.79 Å². The van der Waals surface area contributed by atoms with Crippen LogP contribution in [-0.4, -0.2) is 46.0 Å². The van der Waals surface area contributed by atoms with Crippen molar-refractivity contribution in [1.82, 2.24) is 19.8 Å². The van der Waals surface area contributed by atoms with E-state index in [1.807, 2.05) is 43.8 Å². The lowest BCUT2D eigenvalue weighted by molar-refractivity contribution is -0.116. The Bertz CT molecular complexity index is 832. The highest BCUT2D eigenvalue weighted by Gasteiger charge is 2.28. The molecule has 2 unspecified atom stereocenters. The lowest BCUT2D eigenvalue weighted by atomic mass is 9.93. The van der Waals surface area contributed by atoms with Gasteiger partial charge in [-0.1, -0.05) is 26.0 Å². The molecule has 0 radical (unpaired) electrons. The number of rotatable bonds is 7. The molecule has 0 saturated carbocycles. The SMILES string of the molecule is CCCC(=O)Nc1cccc(CN=C(NCC)N2CCC(C)C(n3ccnc3)C2)c1. The smallest absolute Gasteiger partial charge is 0.224 e. The van der Waals surface area contributed by atoms with E-state index in [9.17, 15) is 4.79 Å². The molecule has 2 aromatic rings. The van der Waals surface area contributed by atoms with Gasteiger partial charge >= 0.3 is 0 Å². The number of carbonyl (C=O) groups is 1. The molecule has 1 saturated heterocycles. The van der Waals surface area contributed by atoms with Crippen molar-refractivity contribution in [2.75, 3.05) is 25.0 Å². The summed E-state index contributed by atoms with van der Waals surface area (Å²) < 4.78 is 2.21. The van der Waals surface area contributed by atoms with Crippen molar-refractivity contribution in [3.8, 4) is 0 Å².